The minimum absolute atomic E-state index is 0.00866. The van der Waals surface area contributed by atoms with Crippen molar-refractivity contribution in [3.8, 4) is 0 Å². The second kappa shape index (κ2) is 5.07. The molecule has 0 aromatic carbocycles. The van der Waals surface area contributed by atoms with Gasteiger partial charge in [0.05, 0.1) is 12.6 Å². The molecule has 0 unspecified atom stereocenters. The Balaban J connectivity index is 3.86. The van der Waals surface area contributed by atoms with E-state index in [0.717, 1.165) is 0 Å². The average molecular weight is 177 g/mol. The van der Waals surface area contributed by atoms with Crippen LogP contribution in [-0.4, -0.2) is 23.7 Å². The van der Waals surface area contributed by atoms with E-state index < -0.39 is 0 Å². The number of hydrogen-bond donors (Lipinski definition) is 2. The van der Waals surface area contributed by atoms with Crippen molar-refractivity contribution in [2.24, 2.45) is 10.7 Å². The molecule has 56 valence electrons. The monoisotopic (exact) mass is 177 g/mol. The molecule has 4 nitrogen and oxygen atoms in total. The van der Waals surface area contributed by atoms with Crippen LogP contribution in [0.1, 0.15) is 0 Å². The van der Waals surface area contributed by atoms with Gasteiger partial charge in [0.1, 0.15) is 0 Å². The summed E-state index contributed by atoms with van der Waals surface area (Å²) in [5.74, 6) is 0. The first-order chi connectivity index (χ1) is 4.70. The topological polar surface area (TPSA) is 59.6 Å². The number of thiocarbonyl (C=S) groups is 2. The number of hydrogen-bond acceptors (Lipinski definition) is 3. The van der Waals surface area contributed by atoms with Crippen molar-refractivity contribution in [2.45, 2.75) is 0 Å². The first kappa shape index (κ1) is 9.25. The quantitative estimate of drug-likeness (QED) is 0.329. The maximum atomic E-state index is 5.16. The summed E-state index contributed by atoms with van der Waals surface area (Å²) in [6.07, 6.45) is 0. The standard InChI is InChI=1S/C4H7N3OS2/c1-8-3(5)7-4(10)6-2-9/h2H,1H3,(H3,5,6,7,9,10). The Kier molecular flexibility index (Phi) is 4.69. The summed E-state index contributed by atoms with van der Waals surface area (Å²) >= 11 is 9.08. The molecular formula is C4H7N3OS2. The van der Waals surface area contributed by atoms with E-state index in [-0.39, 0.29) is 11.1 Å². The fourth-order valence-electron chi connectivity index (χ4n) is 0.228. The molecule has 0 heterocycles. The summed E-state index contributed by atoms with van der Waals surface area (Å²) in [7, 11) is 1.40. The predicted molar refractivity (Wildman–Crippen MR) is 48.0 cm³/mol. The van der Waals surface area contributed by atoms with Crippen molar-refractivity contribution >= 4 is 41.1 Å². The minimum atomic E-state index is 0.00866. The molecule has 0 bridgehead atoms. The lowest BCUT2D eigenvalue weighted by Crippen LogP contribution is -2.22. The zero-order valence-electron chi connectivity index (χ0n) is 5.33. The molecule has 3 N–H and O–H groups in total. The Hall–Kier alpha value is -0.750. The molecule has 0 atom stereocenters. The van der Waals surface area contributed by atoms with E-state index in [4.69, 9.17) is 5.73 Å². The second-order valence-corrected chi connectivity index (χ2v) is 1.84. The van der Waals surface area contributed by atoms with E-state index >= 15 is 0 Å². The van der Waals surface area contributed by atoms with E-state index in [0.29, 0.717) is 0 Å². The van der Waals surface area contributed by atoms with Gasteiger partial charge >= 0.3 is 0 Å². The number of nitrogens with zero attached hydrogens (tertiary/aromatic N) is 1. The first-order valence-corrected chi connectivity index (χ1v) is 3.21. The van der Waals surface area contributed by atoms with Crippen LogP contribution in [0.4, 0.5) is 0 Å². The maximum Gasteiger partial charge on any atom is 0.289 e. The molecule has 6 heteroatoms. The van der Waals surface area contributed by atoms with Gasteiger partial charge in [-0.15, -0.1) is 0 Å². The lowest BCUT2D eigenvalue weighted by atomic mass is 11.0. The lowest BCUT2D eigenvalue weighted by Gasteiger charge is -1.97. The van der Waals surface area contributed by atoms with Crippen molar-refractivity contribution < 1.29 is 4.74 Å². The third-order valence-corrected chi connectivity index (χ3v) is 0.930. The Bertz CT molecular complexity index is 168. The van der Waals surface area contributed by atoms with E-state index in [1.165, 1.54) is 12.6 Å². The summed E-state index contributed by atoms with van der Waals surface area (Å²) in [5, 5.41) is 2.67. The van der Waals surface area contributed by atoms with Crippen molar-refractivity contribution in [1.29, 1.82) is 0 Å². The molecule has 0 aliphatic carbocycles. The summed E-state index contributed by atoms with van der Waals surface area (Å²) in [6, 6.07) is 0.00866. The minimum Gasteiger partial charge on any atom is -0.468 e. The fraction of sp³-hybridized carbons (Fsp3) is 0.250. The van der Waals surface area contributed by atoms with E-state index in [1.54, 1.807) is 0 Å². The van der Waals surface area contributed by atoms with Gasteiger partial charge < -0.3 is 15.8 Å². The number of ether oxygens (including phenoxy) is 1. The van der Waals surface area contributed by atoms with Crippen molar-refractivity contribution in [3.63, 3.8) is 0 Å². The van der Waals surface area contributed by atoms with Crippen LogP contribution in [0.3, 0.4) is 0 Å². The van der Waals surface area contributed by atoms with Gasteiger partial charge in [-0.3, -0.25) is 0 Å². The Morgan fingerprint density at radius 3 is 2.80 bits per heavy atom. The molecule has 0 fully saturated rings. The lowest BCUT2D eigenvalue weighted by molar-refractivity contribution is 0.397. The van der Waals surface area contributed by atoms with Crippen LogP contribution in [-0.2, 0) is 4.74 Å². The van der Waals surface area contributed by atoms with Gasteiger partial charge in [-0.05, 0) is 12.2 Å². The van der Waals surface area contributed by atoms with Crippen LogP contribution in [0.15, 0.2) is 4.99 Å². The molecule has 0 rings (SSSR count). The molecule has 0 saturated carbocycles. The second-order valence-electron chi connectivity index (χ2n) is 1.22. The average Bonchev–Trinajstić information content (AvgIpc) is 1.88. The van der Waals surface area contributed by atoms with Gasteiger partial charge in [0.25, 0.3) is 6.02 Å². The Morgan fingerprint density at radius 1 is 1.80 bits per heavy atom. The van der Waals surface area contributed by atoms with Crippen molar-refractivity contribution in [1.82, 2.24) is 5.32 Å². The van der Waals surface area contributed by atoms with E-state index in [2.05, 4.69) is 39.5 Å². The number of rotatable bonds is 1. The summed E-state index contributed by atoms with van der Waals surface area (Å²) in [6.45, 7) is 0. The molecule has 0 aromatic rings. The van der Waals surface area contributed by atoms with E-state index in [1.807, 2.05) is 0 Å². The molecule has 0 spiro atoms. The summed E-state index contributed by atoms with van der Waals surface area (Å²) < 4.78 is 4.52. The molecular weight excluding hydrogens is 170 g/mol. The SMILES string of the molecule is COC(N)=NC(=S)NC=S. The molecule has 0 amide bonds. The van der Waals surface area contributed by atoms with E-state index in [9.17, 15) is 0 Å². The van der Waals surface area contributed by atoms with Gasteiger partial charge in [-0.2, -0.15) is 4.99 Å². The van der Waals surface area contributed by atoms with Crippen LogP contribution >= 0.6 is 24.4 Å². The number of nitrogens with one attached hydrogen (secondary N) is 1. The van der Waals surface area contributed by atoms with Crippen molar-refractivity contribution in [3.05, 3.63) is 0 Å². The Labute approximate surface area is 69.5 Å². The van der Waals surface area contributed by atoms with Crippen LogP contribution in [0.5, 0.6) is 0 Å². The molecule has 0 aliphatic heterocycles. The molecule has 0 aromatic heterocycles. The van der Waals surface area contributed by atoms with Crippen LogP contribution in [0, 0.1) is 0 Å². The number of methoxy groups -OCH3 is 1. The zero-order valence-corrected chi connectivity index (χ0v) is 6.96. The normalized spacial score (nSPS) is 10.3. The molecule has 0 aliphatic rings. The highest BCUT2D eigenvalue weighted by molar-refractivity contribution is 7.81. The third-order valence-electron chi connectivity index (χ3n) is 0.603. The summed E-state index contributed by atoms with van der Waals surface area (Å²) in [5.41, 5.74) is 6.40. The van der Waals surface area contributed by atoms with Crippen LogP contribution < -0.4 is 11.1 Å². The smallest absolute Gasteiger partial charge is 0.289 e. The maximum absolute atomic E-state index is 5.16. The highest BCUT2D eigenvalue weighted by Gasteiger charge is 1.90. The van der Waals surface area contributed by atoms with Crippen LogP contribution in [0.25, 0.3) is 0 Å². The van der Waals surface area contributed by atoms with Gasteiger partial charge in [0, 0.05) is 0 Å². The highest BCUT2D eigenvalue weighted by Crippen LogP contribution is 1.75. The third kappa shape index (κ3) is 4.16. The first-order valence-electron chi connectivity index (χ1n) is 2.33. The van der Waals surface area contributed by atoms with Gasteiger partial charge in [0.2, 0.25) is 5.11 Å². The van der Waals surface area contributed by atoms with Crippen LogP contribution in [0.2, 0.25) is 0 Å². The fourth-order valence-corrected chi connectivity index (χ4v) is 0.564. The van der Waals surface area contributed by atoms with Crippen molar-refractivity contribution in [2.75, 3.05) is 7.11 Å². The Morgan fingerprint density at radius 2 is 2.40 bits per heavy atom. The van der Waals surface area contributed by atoms with Gasteiger partial charge in [-0.25, -0.2) is 0 Å². The number of aliphatic imine (C=N–C) groups is 1. The summed E-state index contributed by atoms with van der Waals surface area (Å²) in [4.78, 5) is 3.58. The number of amidine groups is 1. The number of nitrogens with two attached hydrogens (primary N) is 1. The highest BCUT2D eigenvalue weighted by atomic mass is 32.1. The largest absolute Gasteiger partial charge is 0.468 e. The molecule has 0 radical (unpaired) electrons. The predicted octanol–water partition coefficient (Wildman–Crippen LogP) is -0.221. The molecule has 0 saturated heterocycles. The van der Waals surface area contributed by atoms with Gasteiger partial charge in [-0.1, -0.05) is 12.2 Å². The molecule has 10 heavy (non-hydrogen) atoms. The zero-order chi connectivity index (χ0) is 7.98. The van der Waals surface area contributed by atoms with Gasteiger partial charge in [0.15, 0.2) is 0 Å².